The number of hydrogen-bond donors (Lipinski definition) is 1. The molecule has 21 heavy (non-hydrogen) atoms. The number of hydrogen-bond acceptors (Lipinski definition) is 4. The number of furan rings is 2. The van der Waals surface area contributed by atoms with Gasteiger partial charge >= 0.3 is 0 Å². The van der Waals surface area contributed by atoms with Crippen LogP contribution in [0.4, 0.5) is 0 Å². The number of H-pyrrole nitrogens is 1. The van der Waals surface area contributed by atoms with Crippen LogP contribution >= 0.6 is 0 Å². The van der Waals surface area contributed by atoms with E-state index in [2.05, 4.69) is 9.97 Å². The predicted molar refractivity (Wildman–Crippen MR) is 77.8 cm³/mol. The number of aromatic nitrogens is 2. The normalized spacial score (nSPS) is 11.0. The first kappa shape index (κ1) is 11.7. The molecule has 0 aliphatic carbocycles. The molecule has 0 spiro atoms. The zero-order valence-corrected chi connectivity index (χ0v) is 10.9. The Labute approximate surface area is 118 Å². The van der Waals surface area contributed by atoms with Crippen molar-refractivity contribution in [2.75, 3.05) is 0 Å². The van der Waals surface area contributed by atoms with Gasteiger partial charge in [0.1, 0.15) is 11.5 Å². The van der Waals surface area contributed by atoms with Crippen molar-refractivity contribution in [3.05, 3.63) is 65.6 Å². The summed E-state index contributed by atoms with van der Waals surface area (Å²) in [5.74, 6) is 1.33. The largest absolute Gasteiger partial charge is 0.464 e. The van der Waals surface area contributed by atoms with E-state index in [1.165, 1.54) is 6.33 Å². The van der Waals surface area contributed by atoms with E-state index in [0.717, 1.165) is 5.56 Å². The van der Waals surface area contributed by atoms with Gasteiger partial charge < -0.3 is 13.8 Å². The number of benzene rings is 1. The molecule has 4 aromatic rings. The van der Waals surface area contributed by atoms with Gasteiger partial charge in [-0.3, -0.25) is 4.79 Å². The second kappa shape index (κ2) is 4.49. The van der Waals surface area contributed by atoms with Crippen LogP contribution in [0.5, 0.6) is 0 Å². The Bertz CT molecular complexity index is 951. The van der Waals surface area contributed by atoms with Crippen LogP contribution in [-0.4, -0.2) is 9.97 Å². The first-order chi connectivity index (χ1) is 10.3. The third kappa shape index (κ3) is 1.87. The molecule has 5 nitrogen and oxygen atoms in total. The minimum atomic E-state index is -0.197. The van der Waals surface area contributed by atoms with E-state index >= 15 is 0 Å². The van der Waals surface area contributed by atoms with Gasteiger partial charge in [0.15, 0.2) is 0 Å². The van der Waals surface area contributed by atoms with Gasteiger partial charge in [0, 0.05) is 11.1 Å². The van der Waals surface area contributed by atoms with Gasteiger partial charge in [-0.05, 0) is 36.4 Å². The van der Waals surface area contributed by atoms with Gasteiger partial charge in [0.2, 0.25) is 0 Å². The van der Waals surface area contributed by atoms with Crippen LogP contribution in [0.2, 0.25) is 0 Å². The second-order valence-electron chi connectivity index (χ2n) is 4.60. The summed E-state index contributed by atoms with van der Waals surface area (Å²) in [6.07, 6.45) is 4.57. The van der Waals surface area contributed by atoms with E-state index in [1.807, 2.05) is 30.3 Å². The highest BCUT2D eigenvalue weighted by Gasteiger charge is 2.14. The molecule has 3 aromatic heterocycles. The Hall–Kier alpha value is -3.08. The van der Waals surface area contributed by atoms with Crippen molar-refractivity contribution >= 4 is 10.9 Å². The maximum Gasteiger partial charge on any atom is 0.259 e. The van der Waals surface area contributed by atoms with Crippen LogP contribution in [0.25, 0.3) is 33.6 Å². The molecule has 0 saturated heterocycles. The van der Waals surface area contributed by atoms with Gasteiger partial charge in [-0.1, -0.05) is 0 Å². The molecule has 0 fully saturated rings. The van der Waals surface area contributed by atoms with Crippen molar-refractivity contribution in [1.29, 1.82) is 0 Å². The molecule has 5 heteroatoms. The summed E-state index contributed by atoms with van der Waals surface area (Å²) in [4.78, 5) is 19.0. The molecule has 0 amide bonds. The van der Waals surface area contributed by atoms with E-state index < -0.39 is 0 Å². The molecule has 0 saturated carbocycles. The molecule has 1 aromatic carbocycles. The van der Waals surface area contributed by atoms with Gasteiger partial charge in [-0.25, -0.2) is 4.98 Å². The van der Waals surface area contributed by atoms with Crippen molar-refractivity contribution in [2.24, 2.45) is 0 Å². The SMILES string of the molecule is O=c1[nH]cnc2cc(-c3ccco3)cc(-c3ccco3)c12. The molecular formula is C16H10N2O3. The number of nitrogens with zero attached hydrogens (tertiary/aromatic N) is 1. The Morgan fingerprint density at radius 3 is 2.48 bits per heavy atom. The quantitative estimate of drug-likeness (QED) is 0.609. The Kier molecular flexibility index (Phi) is 2.50. The standard InChI is InChI=1S/C16H10N2O3/c19-16-15-11(14-4-2-6-21-14)7-10(13-3-1-5-20-13)8-12(15)17-9-18-16/h1-9H,(H,17,18,19). The molecule has 102 valence electrons. The Balaban J connectivity index is 2.11. The van der Waals surface area contributed by atoms with Crippen molar-refractivity contribution in [3.8, 4) is 22.6 Å². The summed E-state index contributed by atoms with van der Waals surface area (Å²) in [6.45, 7) is 0. The molecule has 0 radical (unpaired) electrons. The van der Waals surface area contributed by atoms with Crippen molar-refractivity contribution in [2.45, 2.75) is 0 Å². The number of aromatic amines is 1. The smallest absolute Gasteiger partial charge is 0.259 e. The first-order valence-electron chi connectivity index (χ1n) is 6.42. The first-order valence-corrected chi connectivity index (χ1v) is 6.42. The van der Waals surface area contributed by atoms with Crippen LogP contribution in [-0.2, 0) is 0 Å². The molecule has 0 aliphatic rings. The molecule has 3 heterocycles. The van der Waals surface area contributed by atoms with E-state index in [1.54, 1.807) is 18.6 Å². The minimum absolute atomic E-state index is 0.197. The Morgan fingerprint density at radius 2 is 1.76 bits per heavy atom. The molecule has 0 aliphatic heterocycles. The van der Waals surface area contributed by atoms with Crippen molar-refractivity contribution in [3.63, 3.8) is 0 Å². The van der Waals surface area contributed by atoms with Crippen LogP contribution < -0.4 is 5.56 Å². The average Bonchev–Trinajstić information content (AvgIpc) is 3.20. The van der Waals surface area contributed by atoms with E-state index in [-0.39, 0.29) is 5.56 Å². The molecule has 1 N–H and O–H groups in total. The predicted octanol–water partition coefficient (Wildman–Crippen LogP) is 3.44. The topological polar surface area (TPSA) is 72.0 Å². The summed E-state index contributed by atoms with van der Waals surface area (Å²) in [5.41, 5.74) is 1.94. The monoisotopic (exact) mass is 278 g/mol. The lowest BCUT2D eigenvalue weighted by Crippen LogP contribution is -2.07. The summed E-state index contributed by atoms with van der Waals surface area (Å²) in [5, 5.41) is 0.503. The van der Waals surface area contributed by atoms with Gasteiger partial charge in [-0.15, -0.1) is 0 Å². The molecule has 0 atom stereocenters. The fourth-order valence-corrected chi connectivity index (χ4v) is 2.41. The minimum Gasteiger partial charge on any atom is -0.464 e. The van der Waals surface area contributed by atoms with Crippen LogP contribution in [0, 0.1) is 0 Å². The highest BCUT2D eigenvalue weighted by atomic mass is 16.3. The lowest BCUT2D eigenvalue weighted by molar-refractivity contribution is 0.580. The third-order valence-electron chi connectivity index (χ3n) is 3.34. The van der Waals surface area contributed by atoms with Crippen molar-refractivity contribution < 1.29 is 8.83 Å². The average molecular weight is 278 g/mol. The maximum atomic E-state index is 12.1. The highest BCUT2D eigenvalue weighted by molar-refractivity contribution is 5.95. The van der Waals surface area contributed by atoms with Gasteiger partial charge in [-0.2, -0.15) is 0 Å². The third-order valence-corrected chi connectivity index (χ3v) is 3.34. The van der Waals surface area contributed by atoms with Crippen LogP contribution in [0.1, 0.15) is 0 Å². The van der Waals surface area contributed by atoms with Gasteiger partial charge in [0.25, 0.3) is 5.56 Å². The summed E-state index contributed by atoms with van der Waals surface area (Å²) >= 11 is 0. The molecule has 4 rings (SSSR count). The molecule has 0 unspecified atom stereocenters. The lowest BCUT2D eigenvalue weighted by atomic mass is 10.0. The van der Waals surface area contributed by atoms with Crippen molar-refractivity contribution in [1.82, 2.24) is 9.97 Å². The summed E-state index contributed by atoms with van der Waals surface area (Å²) in [7, 11) is 0. The summed E-state index contributed by atoms with van der Waals surface area (Å²) in [6, 6.07) is 11.0. The molecular weight excluding hydrogens is 268 g/mol. The fraction of sp³-hybridized carbons (Fsp3) is 0. The maximum absolute atomic E-state index is 12.1. The highest BCUT2D eigenvalue weighted by Crippen LogP contribution is 2.31. The van der Waals surface area contributed by atoms with Crippen LogP contribution in [0.15, 0.2) is 68.9 Å². The van der Waals surface area contributed by atoms with E-state index in [0.29, 0.717) is 28.0 Å². The molecule has 0 bridgehead atoms. The number of fused-ring (bicyclic) bond motifs is 1. The van der Waals surface area contributed by atoms with E-state index in [9.17, 15) is 4.79 Å². The Morgan fingerprint density at radius 1 is 1.00 bits per heavy atom. The zero-order chi connectivity index (χ0) is 14.2. The van der Waals surface area contributed by atoms with Gasteiger partial charge in [0.05, 0.1) is 29.8 Å². The van der Waals surface area contributed by atoms with E-state index in [4.69, 9.17) is 8.83 Å². The zero-order valence-electron chi connectivity index (χ0n) is 10.9. The lowest BCUT2D eigenvalue weighted by Gasteiger charge is -2.06. The fourth-order valence-electron chi connectivity index (χ4n) is 2.41. The number of nitrogens with one attached hydrogen (secondary N) is 1. The number of rotatable bonds is 2. The summed E-state index contributed by atoms with van der Waals surface area (Å²) < 4.78 is 10.9. The van der Waals surface area contributed by atoms with Crippen LogP contribution in [0.3, 0.4) is 0 Å². The second-order valence-corrected chi connectivity index (χ2v) is 4.60.